The van der Waals surface area contributed by atoms with Crippen molar-refractivity contribution in [2.24, 2.45) is 4.99 Å². The number of carbonyl (C=O) groups is 2. The highest BCUT2D eigenvalue weighted by molar-refractivity contribution is 6.30. The van der Waals surface area contributed by atoms with Crippen molar-refractivity contribution in [2.45, 2.75) is 31.6 Å². The number of β-amino-alcohol motifs (C(OH)–C–C–N with tert-alkyl or cyclic N) is 2. The highest BCUT2D eigenvalue weighted by Crippen LogP contribution is 2.34. The van der Waals surface area contributed by atoms with E-state index in [1.807, 2.05) is 41.8 Å². The van der Waals surface area contributed by atoms with Gasteiger partial charge in [0.2, 0.25) is 11.8 Å². The van der Waals surface area contributed by atoms with Gasteiger partial charge in [0, 0.05) is 29.2 Å². The lowest BCUT2D eigenvalue weighted by Crippen LogP contribution is -2.40. The first-order valence-electron chi connectivity index (χ1n) is 12.1. The second-order valence-electron chi connectivity index (χ2n) is 9.24. The van der Waals surface area contributed by atoms with Gasteiger partial charge in [0.25, 0.3) is 0 Å². The first-order valence-corrected chi connectivity index (χ1v) is 12.5. The highest BCUT2D eigenvalue weighted by Gasteiger charge is 2.33. The SMILES string of the molecule is COc1ccc2c(c1)C(c1ccc(Cl)cc1)=N[C@@H](CC(=O)NCC(=O)N1CC(O)C(O)C1)c1nnc(C)n1-2. The molecule has 0 aliphatic carbocycles. The van der Waals surface area contributed by atoms with Gasteiger partial charge in [0.1, 0.15) is 17.6 Å². The Labute approximate surface area is 223 Å². The molecular formula is C26H27ClN6O5. The molecule has 3 N–H and O–H groups in total. The van der Waals surface area contributed by atoms with Gasteiger partial charge in [-0.3, -0.25) is 19.1 Å². The molecule has 2 aliphatic rings. The van der Waals surface area contributed by atoms with Crippen LogP contribution in [0.5, 0.6) is 5.75 Å². The average Bonchev–Trinajstić information content (AvgIpc) is 3.42. The zero-order valence-corrected chi connectivity index (χ0v) is 21.6. The van der Waals surface area contributed by atoms with E-state index in [4.69, 9.17) is 21.3 Å². The van der Waals surface area contributed by atoms with Crippen molar-refractivity contribution in [3.63, 3.8) is 0 Å². The molecule has 0 saturated carbocycles. The number of rotatable bonds is 6. The van der Waals surface area contributed by atoms with E-state index in [0.717, 1.165) is 16.8 Å². The molecule has 0 bridgehead atoms. The molecule has 2 amide bonds. The molecule has 3 atom stereocenters. The number of aliphatic imine (C=N–C) groups is 1. The second-order valence-corrected chi connectivity index (χ2v) is 9.68. The molecule has 5 rings (SSSR count). The summed E-state index contributed by atoms with van der Waals surface area (Å²) in [5.74, 6) is 0.970. The number of methoxy groups -OCH3 is 1. The number of aliphatic hydroxyl groups excluding tert-OH is 2. The number of nitrogens with one attached hydrogen (secondary N) is 1. The Hall–Kier alpha value is -3.80. The van der Waals surface area contributed by atoms with Gasteiger partial charge in [-0.15, -0.1) is 10.2 Å². The summed E-state index contributed by atoms with van der Waals surface area (Å²) in [6, 6.07) is 12.2. The van der Waals surface area contributed by atoms with Crippen molar-refractivity contribution in [1.29, 1.82) is 0 Å². The Bertz CT molecular complexity index is 1400. The van der Waals surface area contributed by atoms with E-state index in [-0.39, 0.29) is 26.1 Å². The number of hydrogen-bond acceptors (Lipinski definition) is 8. The molecular weight excluding hydrogens is 512 g/mol. The standard InChI is InChI=1S/C26H27ClN6O5/c1-14-30-31-26-19(10-23(36)28-11-24(37)32-12-21(34)22(35)13-32)29-25(15-3-5-16(27)6-4-15)18-9-17(38-2)7-8-20(18)33(14)26/h3-9,19,21-22,34-35H,10-13H2,1-2H3,(H,28,36)/t19-,21?,22?/m0/s1. The minimum absolute atomic E-state index is 0.0251. The molecule has 3 heterocycles. The Morgan fingerprint density at radius 3 is 2.50 bits per heavy atom. The van der Waals surface area contributed by atoms with E-state index in [2.05, 4.69) is 15.5 Å². The lowest BCUT2D eigenvalue weighted by atomic mass is 10.00. The number of halogens is 1. The lowest BCUT2D eigenvalue weighted by molar-refractivity contribution is -0.132. The van der Waals surface area contributed by atoms with E-state index in [0.29, 0.717) is 28.1 Å². The summed E-state index contributed by atoms with van der Waals surface area (Å²) in [5, 5.41) is 31.2. The molecule has 0 radical (unpaired) electrons. The largest absolute Gasteiger partial charge is 0.497 e. The number of fused-ring (bicyclic) bond motifs is 3. The number of amides is 2. The normalized spacial score (nSPS) is 20.3. The quantitative estimate of drug-likeness (QED) is 0.428. The fraction of sp³-hybridized carbons (Fsp3) is 0.346. The van der Waals surface area contributed by atoms with Crippen molar-refractivity contribution in [1.82, 2.24) is 25.0 Å². The topological polar surface area (TPSA) is 142 Å². The maximum Gasteiger partial charge on any atom is 0.242 e. The van der Waals surface area contributed by atoms with Crippen molar-refractivity contribution < 1.29 is 24.5 Å². The minimum atomic E-state index is -0.990. The number of aromatic nitrogens is 3. The summed E-state index contributed by atoms with van der Waals surface area (Å²) >= 11 is 6.13. The van der Waals surface area contributed by atoms with E-state index in [9.17, 15) is 19.8 Å². The first kappa shape index (κ1) is 25.8. The Balaban J connectivity index is 1.46. The smallest absolute Gasteiger partial charge is 0.242 e. The summed E-state index contributed by atoms with van der Waals surface area (Å²) in [7, 11) is 1.59. The summed E-state index contributed by atoms with van der Waals surface area (Å²) < 4.78 is 7.35. The maximum atomic E-state index is 13.0. The van der Waals surface area contributed by atoms with Crippen LogP contribution in [0.3, 0.4) is 0 Å². The summed E-state index contributed by atoms with van der Waals surface area (Å²) in [5.41, 5.74) is 3.00. The van der Waals surface area contributed by atoms with E-state index in [1.54, 1.807) is 19.2 Å². The number of ether oxygens (including phenoxy) is 1. The summed E-state index contributed by atoms with van der Waals surface area (Å²) in [6.45, 7) is 1.61. The van der Waals surface area contributed by atoms with E-state index in [1.165, 1.54) is 4.90 Å². The zero-order chi connectivity index (χ0) is 27.0. The van der Waals surface area contributed by atoms with Gasteiger partial charge in [0.15, 0.2) is 5.82 Å². The van der Waals surface area contributed by atoms with E-state index < -0.39 is 30.1 Å². The van der Waals surface area contributed by atoms with Crippen LogP contribution in [0.25, 0.3) is 5.69 Å². The predicted octanol–water partition coefficient (Wildman–Crippen LogP) is 1.20. The minimum Gasteiger partial charge on any atom is -0.497 e. The van der Waals surface area contributed by atoms with Crippen molar-refractivity contribution in [3.05, 3.63) is 70.3 Å². The predicted molar refractivity (Wildman–Crippen MR) is 139 cm³/mol. The number of benzene rings is 2. The van der Waals surface area contributed by atoms with Gasteiger partial charge in [-0.25, -0.2) is 0 Å². The monoisotopic (exact) mass is 538 g/mol. The van der Waals surface area contributed by atoms with Crippen LogP contribution in [0.15, 0.2) is 47.5 Å². The second kappa shape index (κ2) is 10.5. The van der Waals surface area contributed by atoms with Crippen LogP contribution in [0.4, 0.5) is 0 Å². The lowest BCUT2D eigenvalue weighted by Gasteiger charge is -2.16. The number of carbonyl (C=O) groups excluding carboxylic acids is 2. The van der Waals surface area contributed by atoms with Gasteiger partial charge in [-0.2, -0.15) is 0 Å². The molecule has 2 unspecified atom stereocenters. The Morgan fingerprint density at radius 1 is 1.11 bits per heavy atom. The number of nitrogens with zero attached hydrogens (tertiary/aromatic N) is 5. The van der Waals surface area contributed by atoms with Gasteiger partial charge in [-0.1, -0.05) is 23.7 Å². The molecule has 1 aromatic heterocycles. The molecule has 1 saturated heterocycles. The van der Waals surface area contributed by atoms with Gasteiger partial charge in [-0.05, 0) is 37.3 Å². The van der Waals surface area contributed by atoms with Gasteiger partial charge >= 0.3 is 0 Å². The van der Waals surface area contributed by atoms with Crippen LogP contribution in [-0.2, 0) is 9.59 Å². The van der Waals surface area contributed by atoms with Crippen molar-refractivity contribution in [3.8, 4) is 11.4 Å². The molecule has 198 valence electrons. The zero-order valence-electron chi connectivity index (χ0n) is 20.8. The van der Waals surface area contributed by atoms with Crippen LogP contribution in [0, 0.1) is 6.92 Å². The Morgan fingerprint density at radius 2 is 1.82 bits per heavy atom. The molecule has 2 aromatic carbocycles. The van der Waals surface area contributed by atoms with E-state index >= 15 is 0 Å². The average molecular weight is 539 g/mol. The fourth-order valence-electron chi connectivity index (χ4n) is 4.68. The maximum absolute atomic E-state index is 13.0. The number of aliphatic hydroxyl groups is 2. The van der Waals surface area contributed by atoms with Crippen LogP contribution < -0.4 is 10.1 Å². The Kier molecular flexibility index (Phi) is 7.15. The fourth-order valence-corrected chi connectivity index (χ4v) is 4.81. The first-order chi connectivity index (χ1) is 18.2. The van der Waals surface area contributed by atoms with Crippen LogP contribution in [-0.4, -0.2) is 86.4 Å². The molecule has 2 aliphatic heterocycles. The number of aryl methyl sites for hydroxylation is 1. The van der Waals surface area contributed by atoms with Gasteiger partial charge < -0.3 is 25.2 Å². The number of hydrogen-bond donors (Lipinski definition) is 3. The van der Waals surface area contributed by atoms with Crippen molar-refractivity contribution >= 4 is 29.1 Å². The third-order valence-corrected chi connectivity index (χ3v) is 6.93. The molecule has 11 nitrogen and oxygen atoms in total. The van der Waals surface area contributed by atoms with Gasteiger partial charge in [0.05, 0.1) is 43.7 Å². The summed E-state index contributed by atoms with van der Waals surface area (Å²) in [6.07, 6.45) is -2.06. The highest BCUT2D eigenvalue weighted by atomic mass is 35.5. The molecule has 3 aromatic rings. The van der Waals surface area contributed by atoms with Crippen LogP contribution >= 0.6 is 11.6 Å². The molecule has 38 heavy (non-hydrogen) atoms. The number of likely N-dealkylation sites (tertiary alicyclic amines) is 1. The van der Waals surface area contributed by atoms with Crippen LogP contribution in [0.2, 0.25) is 5.02 Å². The third-order valence-electron chi connectivity index (χ3n) is 6.68. The van der Waals surface area contributed by atoms with Crippen LogP contribution in [0.1, 0.15) is 35.2 Å². The molecule has 0 spiro atoms. The van der Waals surface area contributed by atoms with Crippen molar-refractivity contribution in [2.75, 3.05) is 26.7 Å². The third kappa shape index (κ3) is 5.00. The molecule has 1 fully saturated rings. The summed E-state index contributed by atoms with van der Waals surface area (Å²) in [4.78, 5) is 31.8. The molecule has 12 heteroatoms.